The van der Waals surface area contributed by atoms with E-state index in [4.69, 9.17) is 14.7 Å². The molecule has 0 unspecified atom stereocenters. The molecule has 0 saturated carbocycles. The van der Waals surface area contributed by atoms with Crippen LogP contribution in [0.1, 0.15) is 29.2 Å². The van der Waals surface area contributed by atoms with Crippen molar-refractivity contribution in [2.24, 2.45) is 0 Å². The van der Waals surface area contributed by atoms with Crippen LogP contribution >= 0.6 is 0 Å². The number of nitrogens with one attached hydrogen (secondary N) is 2. The van der Waals surface area contributed by atoms with Crippen molar-refractivity contribution < 1.29 is 23.0 Å². The number of aliphatic hydroxyl groups is 1. The lowest BCUT2D eigenvalue weighted by Crippen LogP contribution is -2.36. The normalized spacial score (nSPS) is 15.2. The van der Waals surface area contributed by atoms with E-state index in [1.807, 2.05) is 36.4 Å². The van der Waals surface area contributed by atoms with Gasteiger partial charge in [0, 0.05) is 36.7 Å². The predicted molar refractivity (Wildman–Crippen MR) is 155 cm³/mol. The average molecular weight is 571 g/mol. The van der Waals surface area contributed by atoms with Gasteiger partial charge in [0.15, 0.2) is 0 Å². The molecule has 210 valence electrons. The van der Waals surface area contributed by atoms with Crippen LogP contribution in [0.25, 0.3) is 11.1 Å². The van der Waals surface area contributed by atoms with Crippen LogP contribution in [0, 0.1) is 11.3 Å². The van der Waals surface area contributed by atoms with E-state index < -0.39 is 16.1 Å². The minimum atomic E-state index is -3.97. The molecule has 1 aliphatic rings. The Morgan fingerprint density at radius 1 is 1.12 bits per heavy atom. The molecular formula is C31H30N4O5S. The van der Waals surface area contributed by atoms with Gasteiger partial charge in [0.2, 0.25) is 0 Å². The first-order chi connectivity index (χ1) is 19.9. The number of anilines is 1. The fraction of sp³-hybridized carbons (Fsp3) is 0.226. The molecule has 0 saturated heterocycles. The molecule has 5 rings (SSSR count). The van der Waals surface area contributed by atoms with Crippen LogP contribution in [0.2, 0.25) is 0 Å². The van der Waals surface area contributed by atoms with Crippen molar-refractivity contribution in [2.45, 2.75) is 29.9 Å². The van der Waals surface area contributed by atoms with Gasteiger partial charge in [-0.15, -0.1) is 0 Å². The number of hydrogen-bond donors (Lipinski definition) is 3. The molecular weight excluding hydrogens is 540 g/mol. The molecule has 0 radical (unpaired) electrons. The molecule has 10 heteroatoms. The number of pyridine rings is 1. The van der Waals surface area contributed by atoms with Gasteiger partial charge in [-0.1, -0.05) is 18.2 Å². The summed E-state index contributed by atoms with van der Waals surface area (Å²) in [4.78, 5) is 4.05. The van der Waals surface area contributed by atoms with Crippen molar-refractivity contribution in [2.75, 3.05) is 24.9 Å². The Bertz CT molecular complexity index is 1650. The number of hydrogen-bond acceptors (Lipinski definition) is 8. The quantitative estimate of drug-likeness (QED) is 0.255. The molecule has 0 fully saturated rings. The number of nitriles is 1. The predicted octanol–water partition coefficient (Wildman–Crippen LogP) is 4.45. The van der Waals surface area contributed by atoms with Crippen LogP contribution < -0.4 is 19.5 Å². The summed E-state index contributed by atoms with van der Waals surface area (Å²) in [7, 11) is -2.55. The first-order valence-corrected chi connectivity index (χ1v) is 14.6. The maximum absolute atomic E-state index is 13.3. The summed E-state index contributed by atoms with van der Waals surface area (Å²) < 4.78 is 40.7. The van der Waals surface area contributed by atoms with E-state index in [0.717, 1.165) is 40.8 Å². The van der Waals surface area contributed by atoms with Gasteiger partial charge in [-0.05, 0) is 84.1 Å². The number of fused-ring (bicyclic) bond motifs is 1. The molecule has 4 aromatic rings. The molecule has 1 aliphatic heterocycles. The maximum Gasteiger partial charge on any atom is 0.265 e. The fourth-order valence-corrected chi connectivity index (χ4v) is 5.98. The van der Waals surface area contributed by atoms with E-state index >= 15 is 0 Å². The second-order valence-corrected chi connectivity index (χ2v) is 11.4. The molecule has 0 aliphatic carbocycles. The molecule has 41 heavy (non-hydrogen) atoms. The first kappa shape index (κ1) is 28.1. The number of aliphatic hydroxyl groups excluding tert-OH is 1. The number of benzene rings is 3. The highest BCUT2D eigenvalue weighted by molar-refractivity contribution is 7.92. The smallest absolute Gasteiger partial charge is 0.265 e. The van der Waals surface area contributed by atoms with Crippen LogP contribution in [-0.4, -0.2) is 44.8 Å². The van der Waals surface area contributed by atoms with Gasteiger partial charge in [-0.3, -0.25) is 9.71 Å². The Labute approximate surface area is 239 Å². The van der Waals surface area contributed by atoms with E-state index in [2.05, 4.69) is 15.0 Å². The SMILES string of the molecule is COc1ccc(-c2ccc3c(c2)CC[C@H](CNC[C@H](O)c2cccnc2)O3)cc1S(=O)(=O)Nc1ccc(C#N)cc1. The number of ether oxygens (including phenoxy) is 2. The molecule has 0 bridgehead atoms. The lowest BCUT2D eigenvalue weighted by atomic mass is 9.97. The largest absolute Gasteiger partial charge is 0.495 e. The zero-order chi connectivity index (χ0) is 28.8. The van der Waals surface area contributed by atoms with E-state index in [0.29, 0.717) is 24.3 Å². The zero-order valence-corrected chi connectivity index (χ0v) is 23.3. The molecule has 3 N–H and O–H groups in total. The average Bonchev–Trinajstić information content (AvgIpc) is 3.01. The molecule has 3 aromatic carbocycles. The van der Waals surface area contributed by atoms with Crippen molar-refractivity contribution in [1.82, 2.24) is 10.3 Å². The Kier molecular flexibility index (Phi) is 8.50. The summed E-state index contributed by atoms with van der Waals surface area (Å²) >= 11 is 0. The summed E-state index contributed by atoms with van der Waals surface area (Å²) in [6, 6.07) is 22.7. The Balaban J connectivity index is 1.27. The third-order valence-corrected chi connectivity index (χ3v) is 8.32. The fourth-order valence-electron chi connectivity index (χ4n) is 4.73. The number of rotatable bonds is 10. The molecule has 1 aromatic heterocycles. The topological polar surface area (TPSA) is 134 Å². The van der Waals surface area contributed by atoms with Gasteiger partial charge in [0.25, 0.3) is 10.0 Å². The highest BCUT2D eigenvalue weighted by Crippen LogP contribution is 2.35. The van der Waals surface area contributed by atoms with E-state index in [-0.39, 0.29) is 16.7 Å². The number of aromatic nitrogens is 1. The van der Waals surface area contributed by atoms with Crippen molar-refractivity contribution in [3.8, 4) is 28.7 Å². The number of aryl methyl sites for hydroxylation is 1. The summed E-state index contributed by atoms with van der Waals surface area (Å²) in [5.41, 5.74) is 4.18. The van der Waals surface area contributed by atoms with Crippen molar-refractivity contribution in [3.63, 3.8) is 0 Å². The second kappa shape index (κ2) is 12.4. The first-order valence-electron chi connectivity index (χ1n) is 13.2. The van der Waals surface area contributed by atoms with E-state index in [1.54, 1.807) is 54.9 Å². The molecule has 0 amide bonds. The van der Waals surface area contributed by atoms with Gasteiger partial charge in [-0.2, -0.15) is 5.26 Å². The number of nitrogens with zero attached hydrogens (tertiary/aromatic N) is 2. The summed E-state index contributed by atoms with van der Waals surface area (Å²) in [5.74, 6) is 1.02. The Morgan fingerprint density at radius 2 is 1.90 bits per heavy atom. The Morgan fingerprint density at radius 3 is 2.63 bits per heavy atom. The summed E-state index contributed by atoms with van der Waals surface area (Å²) in [6.07, 6.45) is 4.28. The molecule has 2 atom stereocenters. The van der Waals surface area contributed by atoms with Crippen LogP contribution in [0.4, 0.5) is 5.69 Å². The van der Waals surface area contributed by atoms with Gasteiger partial charge >= 0.3 is 0 Å². The standard InChI is InChI=1S/C31H30N4O5S/c1-39-30-13-8-23(16-31(30)41(37,38)35-26-9-4-21(17-32)5-10-26)22-7-12-29-24(15-22)6-11-27(40-29)19-34-20-28(36)25-3-2-14-33-18-25/h2-5,7-10,12-16,18,27-28,34-36H,6,11,19-20H2,1H3/t27-,28+/m1/s1. The van der Waals surface area contributed by atoms with E-state index in [1.165, 1.54) is 7.11 Å². The van der Waals surface area contributed by atoms with Gasteiger partial charge in [0.05, 0.1) is 24.8 Å². The lowest BCUT2D eigenvalue weighted by molar-refractivity contribution is 0.146. The van der Waals surface area contributed by atoms with Crippen LogP contribution in [0.3, 0.4) is 0 Å². The monoisotopic (exact) mass is 570 g/mol. The molecule has 2 heterocycles. The van der Waals surface area contributed by atoms with Gasteiger partial charge in [-0.25, -0.2) is 8.42 Å². The minimum absolute atomic E-state index is 0.00967. The third kappa shape index (κ3) is 6.66. The van der Waals surface area contributed by atoms with E-state index in [9.17, 15) is 13.5 Å². The van der Waals surface area contributed by atoms with Crippen LogP contribution in [0.5, 0.6) is 11.5 Å². The maximum atomic E-state index is 13.3. The highest BCUT2D eigenvalue weighted by atomic mass is 32.2. The lowest BCUT2D eigenvalue weighted by Gasteiger charge is -2.27. The number of sulfonamides is 1. The molecule has 9 nitrogen and oxygen atoms in total. The molecule has 0 spiro atoms. The summed E-state index contributed by atoms with van der Waals surface area (Å²) in [6.45, 7) is 1.00. The summed E-state index contributed by atoms with van der Waals surface area (Å²) in [5, 5.41) is 22.6. The van der Waals surface area contributed by atoms with Crippen molar-refractivity contribution in [1.29, 1.82) is 5.26 Å². The number of methoxy groups -OCH3 is 1. The van der Waals surface area contributed by atoms with Crippen LogP contribution in [0.15, 0.2) is 90.1 Å². The van der Waals surface area contributed by atoms with Gasteiger partial charge in [0.1, 0.15) is 22.5 Å². The highest BCUT2D eigenvalue weighted by Gasteiger charge is 2.23. The van der Waals surface area contributed by atoms with Gasteiger partial charge < -0.3 is 19.9 Å². The third-order valence-electron chi connectivity index (χ3n) is 6.92. The zero-order valence-electron chi connectivity index (χ0n) is 22.4. The Hall–Kier alpha value is -4.43. The second-order valence-electron chi connectivity index (χ2n) is 9.72. The van der Waals surface area contributed by atoms with Crippen LogP contribution in [-0.2, 0) is 16.4 Å². The van der Waals surface area contributed by atoms with Crippen molar-refractivity contribution >= 4 is 15.7 Å². The van der Waals surface area contributed by atoms with Crippen molar-refractivity contribution in [3.05, 3.63) is 102 Å². The minimum Gasteiger partial charge on any atom is -0.495 e.